The van der Waals surface area contributed by atoms with Gasteiger partial charge in [-0.15, -0.1) is 11.8 Å². The summed E-state index contributed by atoms with van der Waals surface area (Å²) in [7, 11) is 0. The Morgan fingerprint density at radius 3 is 2.75 bits per heavy atom. The third kappa shape index (κ3) is 4.81. The first-order chi connectivity index (χ1) is 9.65. The van der Waals surface area contributed by atoms with Crippen molar-refractivity contribution in [2.45, 2.75) is 17.9 Å². The fourth-order valence-electron chi connectivity index (χ4n) is 2.35. The molecule has 1 amide bonds. The van der Waals surface area contributed by atoms with Gasteiger partial charge in [-0.3, -0.25) is 9.69 Å². The van der Waals surface area contributed by atoms with Crippen LogP contribution < -0.4 is 0 Å². The second-order valence-corrected chi connectivity index (χ2v) is 6.25. The number of amides is 1. The highest BCUT2D eigenvalue weighted by Gasteiger charge is 2.22. The standard InChI is InChI=1S/C15H22N2O2S/c1-13(18)17-8-7-16(11-14(19)12-17)9-10-20-15-5-3-2-4-6-15/h2-6,14,19H,7-12H2,1H3. The quantitative estimate of drug-likeness (QED) is 0.850. The summed E-state index contributed by atoms with van der Waals surface area (Å²) in [4.78, 5) is 16.6. The fourth-order valence-corrected chi connectivity index (χ4v) is 3.29. The van der Waals surface area contributed by atoms with E-state index in [1.807, 2.05) is 30.0 Å². The molecule has 1 aromatic carbocycles. The van der Waals surface area contributed by atoms with Crippen molar-refractivity contribution in [3.05, 3.63) is 30.3 Å². The van der Waals surface area contributed by atoms with Gasteiger partial charge in [0.15, 0.2) is 0 Å². The maximum absolute atomic E-state index is 11.4. The number of aliphatic hydroxyl groups is 1. The van der Waals surface area contributed by atoms with E-state index in [1.54, 1.807) is 11.8 Å². The Morgan fingerprint density at radius 1 is 1.30 bits per heavy atom. The summed E-state index contributed by atoms with van der Waals surface area (Å²) < 4.78 is 0. The summed E-state index contributed by atoms with van der Waals surface area (Å²) in [6, 6.07) is 10.3. The van der Waals surface area contributed by atoms with Crippen LogP contribution in [0.5, 0.6) is 0 Å². The molecule has 1 atom stereocenters. The molecule has 0 saturated carbocycles. The molecular weight excluding hydrogens is 272 g/mol. The van der Waals surface area contributed by atoms with Crippen LogP contribution in [-0.2, 0) is 4.79 Å². The largest absolute Gasteiger partial charge is 0.390 e. The monoisotopic (exact) mass is 294 g/mol. The molecule has 0 aromatic heterocycles. The normalized spacial score (nSPS) is 20.7. The molecule has 4 nitrogen and oxygen atoms in total. The summed E-state index contributed by atoms with van der Waals surface area (Å²) in [6.45, 7) is 5.15. The minimum Gasteiger partial charge on any atom is -0.390 e. The molecule has 1 heterocycles. The van der Waals surface area contributed by atoms with Crippen molar-refractivity contribution < 1.29 is 9.90 Å². The third-order valence-electron chi connectivity index (χ3n) is 3.45. The van der Waals surface area contributed by atoms with Gasteiger partial charge in [-0.2, -0.15) is 0 Å². The Kier molecular flexibility index (Phi) is 5.88. The predicted molar refractivity (Wildman–Crippen MR) is 81.9 cm³/mol. The number of rotatable bonds is 4. The first-order valence-electron chi connectivity index (χ1n) is 6.99. The number of benzene rings is 1. The Hall–Kier alpha value is -1.04. The topological polar surface area (TPSA) is 43.8 Å². The van der Waals surface area contributed by atoms with Gasteiger partial charge in [-0.25, -0.2) is 0 Å². The van der Waals surface area contributed by atoms with Crippen molar-refractivity contribution in [3.63, 3.8) is 0 Å². The zero-order valence-electron chi connectivity index (χ0n) is 11.9. The zero-order valence-corrected chi connectivity index (χ0v) is 12.7. The average molecular weight is 294 g/mol. The highest BCUT2D eigenvalue weighted by atomic mass is 32.2. The van der Waals surface area contributed by atoms with Gasteiger partial charge in [0.2, 0.25) is 5.91 Å². The first kappa shape index (κ1) is 15.4. The molecule has 2 rings (SSSR count). The van der Waals surface area contributed by atoms with E-state index in [0.29, 0.717) is 19.6 Å². The van der Waals surface area contributed by atoms with Gasteiger partial charge in [0.25, 0.3) is 0 Å². The van der Waals surface area contributed by atoms with E-state index in [0.717, 1.165) is 18.8 Å². The number of carbonyl (C=O) groups excluding carboxylic acids is 1. The van der Waals surface area contributed by atoms with Crippen molar-refractivity contribution in [2.24, 2.45) is 0 Å². The number of hydrogen-bond donors (Lipinski definition) is 1. The maximum Gasteiger partial charge on any atom is 0.219 e. The van der Waals surface area contributed by atoms with Crippen molar-refractivity contribution in [2.75, 3.05) is 38.5 Å². The summed E-state index contributed by atoms with van der Waals surface area (Å²) in [5.74, 6) is 1.04. The van der Waals surface area contributed by atoms with Gasteiger partial charge in [-0.1, -0.05) is 18.2 Å². The lowest BCUT2D eigenvalue weighted by Gasteiger charge is -2.20. The molecule has 0 radical (unpaired) electrons. The lowest BCUT2D eigenvalue weighted by Crippen LogP contribution is -2.36. The van der Waals surface area contributed by atoms with E-state index in [1.165, 1.54) is 4.90 Å². The number of nitrogens with zero attached hydrogens (tertiary/aromatic N) is 2. The third-order valence-corrected chi connectivity index (χ3v) is 4.44. The van der Waals surface area contributed by atoms with E-state index in [9.17, 15) is 9.90 Å². The van der Waals surface area contributed by atoms with Crippen LogP contribution in [0.15, 0.2) is 35.2 Å². The minimum absolute atomic E-state index is 0.0459. The van der Waals surface area contributed by atoms with Crippen LogP contribution in [0.25, 0.3) is 0 Å². The smallest absolute Gasteiger partial charge is 0.219 e. The summed E-state index contributed by atoms with van der Waals surface area (Å²) in [5.41, 5.74) is 0. The molecule has 1 N–H and O–H groups in total. The molecule has 1 saturated heterocycles. The number of thioether (sulfide) groups is 1. The van der Waals surface area contributed by atoms with E-state index < -0.39 is 6.10 Å². The molecule has 0 bridgehead atoms. The molecule has 1 aromatic rings. The maximum atomic E-state index is 11.4. The van der Waals surface area contributed by atoms with Crippen LogP contribution in [0.2, 0.25) is 0 Å². The van der Waals surface area contributed by atoms with Gasteiger partial charge in [0, 0.05) is 50.3 Å². The number of carbonyl (C=O) groups is 1. The minimum atomic E-state index is -0.442. The SMILES string of the molecule is CC(=O)N1CCN(CCSc2ccccc2)CC(O)C1. The fraction of sp³-hybridized carbons (Fsp3) is 0.533. The Labute approximate surface area is 124 Å². The van der Waals surface area contributed by atoms with Crippen molar-refractivity contribution in [3.8, 4) is 0 Å². The van der Waals surface area contributed by atoms with Gasteiger partial charge in [0.1, 0.15) is 0 Å². The van der Waals surface area contributed by atoms with Crippen LogP contribution in [0.3, 0.4) is 0 Å². The highest BCUT2D eigenvalue weighted by Crippen LogP contribution is 2.17. The van der Waals surface area contributed by atoms with Crippen LogP contribution in [-0.4, -0.2) is 65.4 Å². The highest BCUT2D eigenvalue weighted by molar-refractivity contribution is 7.99. The molecule has 110 valence electrons. The van der Waals surface area contributed by atoms with E-state index in [4.69, 9.17) is 0 Å². The number of hydrogen-bond acceptors (Lipinski definition) is 4. The zero-order chi connectivity index (χ0) is 14.4. The Bertz CT molecular complexity index is 427. The van der Waals surface area contributed by atoms with Gasteiger partial charge in [-0.05, 0) is 12.1 Å². The summed E-state index contributed by atoms with van der Waals surface area (Å²) >= 11 is 1.83. The molecule has 1 fully saturated rings. The summed E-state index contributed by atoms with van der Waals surface area (Å²) in [6.07, 6.45) is -0.442. The molecule has 20 heavy (non-hydrogen) atoms. The Balaban J connectivity index is 1.77. The van der Waals surface area contributed by atoms with Gasteiger partial charge in [0.05, 0.1) is 6.10 Å². The number of β-amino-alcohol motifs (C(OH)–C–C–N with tert-alkyl or cyclic N) is 1. The van der Waals surface area contributed by atoms with E-state index in [2.05, 4.69) is 17.0 Å². The molecule has 1 unspecified atom stereocenters. The molecule has 1 aliphatic rings. The van der Waals surface area contributed by atoms with Crippen LogP contribution in [0.1, 0.15) is 6.92 Å². The van der Waals surface area contributed by atoms with Crippen molar-refractivity contribution in [1.82, 2.24) is 9.80 Å². The molecular formula is C15H22N2O2S. The summed E-state index contributed by atoms with van der Waals surface area (Å²) in [5, 5.41) is 9.95. The molecule has 0 aliphatic carbocycles. The van der Waals surface area contributed by atoms with Crippen LogP contribution in [0.4, 0.5) is 0 Å². The first-order valence-corrected chi connectivity index (χ1v) is 7.97. The predicted octanol–water partition coefficient (Wildman–Crippen LogP) is 1.30. The average Bonchev–Trinajstić information content (AvgIpc) is 2.62. The lowest BCUT2D eigenvalue weighted by molar-refractivity contribution is -0.129. The molecule has 1 aliphatic heterocycles. The van der Waals surface area contributed by atoms with Crippen molar-refractivity contribution in [1.29, 1.82) is 0 Å². The second-order valence-electron chi connectivity index (χ2n) is 5.08. The van der Waals surface area contributed by atoms with Crippen LogP contribution in [0, 0.1) is 0 Å². The molecule has 5 heteroatoms. The molecule has 0 spiro atoms. The number of aliphatic hydroxyl groups excluding tert-OH is 1. The van der Waals surface area contributed by atoms with E-state index in [-0.39, 0.29) is 5.91 Å². The van der Waals surface area contributed by atoms with Gasteiger partial charge >= 0.3 is 0 Å². The van der Waals surface area contributed by atoms with E-state index >= 15 is 0 Å². The van der Waals surface area contributed by atoms with Crippen LogP contribution >= 0.6 is 11.8 Å². The van der Waals surface area contributed by atoms with Crippen molar-refractivity contribution >= 4 is 17.7 Å². The lowest BCUT2D eigenvalue weighted by atomic mass is 10.3. The van der Waals surface area contributed by atoms with Gasteiger partial charge < -0.3 is 10.0 Å². The Morgan fingerprint density at radius 2 is 2.05 bits per heavy atom. The second kappa shape index (κ2) is 7.67.